The highest BCUT2D eigenvalue weighted by molar-refractivity contribution is 7.95. The van der Waals surface area contributed by atoms with Crippen molar-refractivity contribution in [3.8, 4) is 0 Å². The molecule has 0 aliphatic rings. The maximum absolute atomic E-state index is 12.1. The summed E-state index contributed by atoms with van der Waals surface area (Å²) in [4.78, 5) is 4.14. The van der Waals surface area contributed by atoms with Crippen molar-refractivity contribution in [1.29, 1.82) is 0 Å². The largest absolute Gasteiger partial charge is 0.385 e. The molecule has 0 amide bonds. The minimum absolute atomic E-state index is 0.0261. The van der Waals surface area contributed by atoms with Crippen LogP contribution in [-0.4, -0.2) is 19.6 Å². The van der Waals surface area contributed by atoms with Gasteiger partial charge in [0.1, 0.15) is 12.4 Å². The fraction of sp³-hybridized carbons (Fsp3) is 0.300. The minimum atomic E-state index is 0.0261. The van der Waals surface area contributed by atoms with Gasteiger partial charge in [-0.3, -0.25) is 0 Å². The summed E-state index contributed by atoms with van der Waals surface area (Å²) in [5.74, 6) is 0.371. The van der Waals surface area contributed by atoms with Crippen LogP contribution in [0.15, 0.2) is 23.2 Å². The first kappa shape index (κ1) is 13.8. The topological polar surface area (TPSA) is 85.7 Å². The number of halogens is 1. The quantitative estimate of drug-likeness (QED) is 0.411. The van der Waals surface area contributed by atoms with Crippen molar-refractivity contribution in [2.24, 2.45) is 16.5 Å². The molecule has 0 heterocycles. The number of aliphatic imine (C=N–C) groups is 1. The summed E-state index contributed by atoms with van der Waals surface area (Å²) in [5, 5.41) is 0. The van der Waals surface area contributed by atoms with Crippen LogP contribution >= 0.6 is 12.3 Å². The van der Waals surface area contributed by atoms with Crippen molar-refractivity contribution >= 4 is 29.5 Å². The monoisotopic (exact) mass is 258 g/mol. The molecule has 0 aliphatic carbocycles. The van der Waals surface area contributed by atoms with E-state index in [1.54, 1.807) is 25.3 Å². The highest BCUT2D eigenvalue weighted by Crippen LogP contribution is 2.24. The Morgan fingerprint density at radius 1 is 1.59 bits per heavy atom. The van der Waals surface area contributed by atoms with Gasteiger partial charge in [-0.25, -0.2) is 4.99 Å². The summed E-state index contributed by atoms with van der Waals surface area (Å²) < 4.78 is 19.5. The SMILES string of the molecule is COCC(N)=Nc1ccc(NSF)c(CN)c1. The fourth-order valence-electron chi connectivity index (χ4n) is 1.31. The van der Waals surface area contributed by atoms with Crippen molar-refractivity contribution in [2.45, 2.75) is 6.54 Å². The van der Waals surface area contributed by atoms with Crippen LogP contribution in [0.25, 0.3) is 0 Å². The number of methoxy groups -OCH3 is 1. The van der Waals surface area contributed by atoms with E-state index in [0.717, 1.165) is 5.56 Å². The van der Waals surface area contributed by atoms with Crippen molar-refractivity contribution in [3.63, 3.8) is 0 Å². The molecule has 0 bridgehead atoms. The highest BCUT2D eigenvalue weighted by atomic mass is 32.2. The zero-order valence-electron chi connectivity index (χ0n) is 9.44. The van der Waals surface area contributed by atoms with Crippen LogP contribution in [0.2, 0.25) is 0 Å². The molecule has 0 saturated heterocycles. The zero-order chi connectivity index (χ0) is 12.7. The lowest BCUT2D eigenvalue weighted by Gasteiger charge is -2.08. The first-order valence-electron chi connectivity index (χ1n) is 4.89. The van der Waals surface area contributed by atoms with Crippen LogP contribution in [-0.2, 0) is 11.3 Å². The number of hydrogen-bond donors (Lipinski definition) is 3. The Morgan fingerprint density at radius 3 is 2.94 bits per heavy atom. The van der Waals surface area contributed by atoms with Crippen molar-refractivity contribution in [3.05, 3.63) is 23.8 Å². The second-order valence-electron chi connectivity index (χ2n) is 3.26. The van der Waals surface area contributed by atoms with E-state index in [4.69, 9.17) is 16.2 Å². The minimum Gasteiger partial charge on any atom is -0.385 e. The van der Waals surface area contributed by atoms with E-state index in [2.05, 4.69) is 9.71 Å². The Labute approximate surface area is 104 Å². The molecule has 1 rings (SSSR count). The maximum Gasteiger partial charge on any atom is 0.162 e. The predicted octanol–water partition coefficient (Wildman–Crippen LogP) is 1.73. The summed E-state index contributed by atoms with van der Waals surface area (Å²) >= 11 is 0.0261. The summed E-state index contributed by atoms with van der Waals surface area (Å²) in [5.41, 5.74) is 13.2. The van der Waals surface area contributed by atoms with Gasteiger partial charge in [-0.15, -0.1) is 3.89 Å². The number of nitrogens with zero attached hydrogens (tertiary/aromatic N) is 1. The number of hydrogen-bond acceptors (Lipinski definition) is 5. The summed E-state index contributed by atoms with van der Waals surface area (Å²) in [6.07, 6.45) is 0. The van der Waals surface area contributed by atoms with E-state index >= 15 is 0 Å². The molecule has 94 valence electrons. The average molecular weight is 258 g/mol. The molecule has 5 N–H and O–H groups in total. The fourth-order valence-corrected chi connectivity index (χ4v) is 1.59. The van der Waals surface area contributed by atoms with Gasteiger partial charge < -0.3 is 20.9 Å². The van der Waals surface area contributed by atoms with Gasteiger partial charge in [0.2, 0.25) is 0 Å². The molecule has 5 nitrogen and oxygen atoms in total. The van der Waals surface area contributed by atoms with Gasteiger partial charge in [-0.05, 0) is 23.8 Å². The molecular formula is C10H15FN4OS. The first-order chi connectivity index (χ1) is 8.21. The summed E-state index contributed by atoms with van der Waals surface area (Å²) in [6, 6.07) is 5.18. The summed E-state index contributed by atoms with van der Waals surface area (Å²) in [6.45, 7) is 0.550. The molecule has 1 aromatic carbocycles. The second kappa shape index (κ2) is 7.10. The number of rotatable bonds is 6. The number of nitrogens with two attached hydrogens (primary N) is 2. The van der Waals surface area contributed by atoms with E-state index in [9.17, 15) is 3.89 Å². The van der Waals surface area contributed by atoms with Crippen LogP contribution in [0.1, 0.15) is 5.56 Å². The standard InChI is InChI=1S/C10H15FN4OS/c1-16-6-10(13)14-8-2-3-9(15-17-11)7(4-8)5-12/h2-4,15H,5-6,12H2,1H3,(H2,13,14). The molecule has 0 saturated carbocycles. The van der Waals surface area contributed by atoms with Gasteiger partial charge in [0.25, 0.3) is 0 Å². The van der Waals surface area contributed by atoms with Gasteiger partial charge in [-0.2, -0.15) is 0 Å². The lowest BCUT2D eigenvalue weighted by Crippen LogP contribution is -2.17. The van der Waals surface area contributed by atoms with Crippen molar-refractivity contribution in [2.75, 3.05) is 18.4 Å². The Bertz CT molecular complexity index is 400. The summed E-state index contributed by atoms with van der Waals surface area (Å²) in [7, 11) is 1.54. The van der Waals surface area contributed by atoms with Crippen LogP contribution < -0.4 is 16.2 Å². The molecule has 0 fully saturated rings. The third-order valence-electron chi connectivity index (χ3n) is 2.02. The molecule has 0 aliphatic heterocycles. The van der Waals surface area contributed by atoms with Crippen molar-refractivity contribution in [1.82, 2.24) is 0 Å². The molecule has 0 aromatic heterocycles. The van der Waals surface area contributed by atoms with E-state index in [0.29, 0.717) is 17.2 Å². The first-order valence-corrected chi connectivity index (χ1v) is 5.61. The highest BCUT2D eigenvalue weighted by Gasteiger charge is 2.03. The lowest BCUT2D eigenvalue weighted by atomic mass is 10.1. The second-order valence-corrected chi connectivity index (χ2v) is 3.62. The van der Waals surface area contributed by atoms with Gasteiger partial charge in [0, 0.05) is 13.7 Å². The molecule has 0 radical (unpaired) electrons. The zero-order valence-corrected chi connectivity index (χ0v) is 10.3. The molecule has 7 heteroatoms. The van der Waals surface area contributed by atoms with E-state index < -0.39 is 0 Å². The Morgan fingerprint density at radius 2 is 2.35 bits per heavy atom. The molecule has 0 unspecified atom stereocenters. The van der Waals surface area contributed by atoms with Crippen LogP contribution in [0.4, 0.5) is 15.3 Å². The van der Waals surface area contributed by atoms with Gasteiger partial charge >= 0.3 is 0 Å². The Balaban J connectivity index is 2.92. The Hall–Kier alpha value is -1.31. The number of ether oxygens (including phenoxy) is 1. The lowest BCUT2D eigenvalue weighted by molar-refractivity contribution is 0.244. The number of amidine groups is 1. The Kier molecular flexibility index (Phi) is 5.75. The number of anilines is 1. The average Bonchev–Trinajstić information content (AvgIpc) is 2.31. The predicted molar refractivity (Wildman–Crippen MR) is 69.8 cm³/mol. The van der Waals surface area contributed by atoms with E-state index in [1.165, 1.54) is 0 Å². The van der Waals surface area contributed by atoms with Gasteiger partial charge in [-0.1, -0.05) is 0 Å². The van der Waals surface area contributed by atoms with Crippen LogP contribution in [0.3, 0.4) is 0 Å². The molecule has 17 heavy (non-hydrogen) atoms. The molecule has 0 atom stereocenters. The molecular weight excluding hydrogens is 243 g/mol. The third kappa shape index (κ3) is 4.22. The molecule has 0 spiro atoms. The van der Waals surface area contributed by atoms with Crippen molar-refractivity contribution < 1.29 is 8.62 Å². The van der Waals surface area contributed by atoms with Gasteiger partial charge in [0.05, 0.1) is 11.4 Å². The smallest absolute Gasteiger partial charge is 0.162 e. The number of nitrogens with one attached hydrogen (secondary N) is 1. The third-order valence-corrected chi connectivity index (χ3v) is 2.32. The van der Waals surface area contributed by atoms with E-state index in [1.807, 2.05) is 0 Å². The van der Waals surface area contributed by atoms with Gasteiger partial charge in [0.15, 0.2) is 12.3 Å². The normalized spacial score (nSPS) is 11.6. The van der Waals surface area contributed by atoms with E-state index in [-0.39, 0.29) is 25.5 Å². The number of benzene rings is 1. The van der Waals surface area contributed by atoms with Crippen LogP contribution in [0, 0.1) is 0 Å². The van der Waals surface area contributed by atoms with Crippen LogP contribution in [0.5, 0.6) is 0 Å². The maximum atomic E-state index is 12.1. The molecule has 1 aromatic rings.